The third-order valence-corrected chi connectivity index (χ3v) is 0. The van der Waals surface area contributed by atoms with Gasteiger partial charge in [0, 0.05) is 0 Å². The van der Waals surface area contributed by atoms with Crippen molar-refractivity contribution < 1.29 is 10.0 Å². The van der Waals surface area contributed by atoms with E-state index in [0.717, 1.165) is 0 Å². The van der Waals surface area contributed by atoms with E-state index in [1.54, 1.807) is 0 Å². The van der Waals surface area contributed by atoms with E-state index >= 15 is 0 Å². The maximum absolute atomic E-state index is 6.50. The van der Waals surface area contributed by atoms with Crippen LogP contribution in [-0.2, 0) is 0 Å². The lowest BCUT2D eigenvalue weighted by atomic mass is 10.6. The molecule has 0 unspecified atom stereocenters. The Labute approximate surface area is 27.3 Å². The van der Waals surface area contributed by atoms with Crippen molar-refractivity contribution >= 4 is 16.1 Å². The average molecular weight is 55.6 g/mol. The highest BCUT2D eigenvalue weighted by Crippen LogP contribution is 0.668. The van der Waals surface area contributed by atoms with Crippen molar-refractivity contribution in [3.63, 3.8) is 0 Å². The molecule has 0 aliphatic rings. The zero-order valence-corrected chi connectivity index (χ0v) is 2.05. The molecule has 0 aromatic heterocycles. The van der Waals surface area contributed by atoms with Gasteiger partial charge in [-0.25, -0.2) is 0 Å². The molecule has 2 nitrogen and oxygen atoms in total. The molecular formula is H2B2O2. The Bertz CT molecular complexity index is 4.00. The first-order valence-corrected chi connectivity index (χ1v) is 0.516. The Morgan fingerprint density at radius 1 is 0.750 bits per heavy atom. The molecule has 0 rings (SSSR count). The van der Waals surface area contributed by atoms with Crippen molar-refractivity contribution in [1.82, 2.24) is 0 Å². The van der Waals surface area contributed by atoms with Crippen molar-refractivity contribution in [3.05, 3.63) is 0 Å². The van der Waals surface area contributed by atoms with Gasteiger partial charge in [0.1, 0.15) is 0 Å². The number of hydrogen-bond donors (Lipinski definition) is 2. The van der Waals surface area contributed by atoms with Crippen LogP contribution in [0.3, 0.4) is 0 Å². The highest BCUT2D eigenvalue weighted by Gasteiger charge is 0.976. The van der Waals surface area contributed by atoms with E-state index < -0.39 is 0 Å². The molecule has 0 heterocycles. The second kappa shape index (κ2) is 5150. The first kappa shape index (κ1) is 8.97. The third-order valence-electron chi connectivity index (χ3n) is 0. The molecule has 4 heteroatoms. The fourth-order valence-electron chi connectivity index (χ4n) is 0. The lowest BCUT2D eigenvalue weighted by molar-refractivity contribution is 0.628. The van der Waals surface area contributed by atoms with Crippen LogP contribution in [-0.4, -0.2) is 26.1 Å². The zero-order chi connectivity index (χ0) is 4.00. The van der Waals surface area contributed by atoms with E-state index in [1.807, 2.05) is 0 Å². The summed E-state index contributed by atoms with van der Waals surface area (Å²) in [4.78, 5) is 0. The van der Waals surface area contributed by atoms with Crippen molar-refractivity contribution in [2.24, 2.45) is 0 Å². The summed E-state index contributed by atoms with van der Waals surface area (Å²) in [7, 11) is 7.00. The fraction of sp³-hybridized carbons (Fsp3) is 0. The minimum Gasteiger partial charge on any atom is -0.461 e. The van der Waals surface area contributed by atoms with Crippen molar-refractivity contribution in [1.29, 1.82) is 0 Å². The van der Waals surface area contributed by atoms with Crippen LogP contribution in [0.15, 0.2) is 0 Å². The average Bonchev–Trinajstić information content (AvgIpc) is 1.50. The maximum Gasteiger partial charge on any atom is 0.277 e. The summed E-state index contributed by atoms with van der Waals surface area (Å²) in [6.45, 7) is 0. The molecule has 0 amide bonds. The van der Waals surface area contributed by atoms with Gasteiger partial charge in [-0.05, 0) is 0 Å². The summed E-state index contributed by atoms with van der Waals surface area (Å²) >= 11 is 0. The SMILES string of the molecule is [B]O.[B]O. The molecule has 0 aromatic rings. The van der Waals surface area contributed by atoms with Crippen LogP contribution < -0.4 is 0 Å². The Kier molecular flexibility index (Phi) is 11500. The van der Waals surface area contributed by atoms with Gasteiger partial charge >= 0.3 is 0 Å². The van der Waals surface area contributed by atoms with Crippen LogP contribution in [0.2, 0.25) is 0 Å². The number of rotatable bonds is 0. The van der Waals surface area contributed by atoms with Crippen LogP contribution in [0, 0.1) is 0 Å². The second-order valence-electron chi connectivity index (χ2n) is 0. The van der Waals surface area contributed by atoms with E-state index in [-0.39, 0.29) is 0 Å². The molecule has 0 aliphatic heterocycles. The van der Waals surface area contributed by atoms with Crippen LogP contribution >= 0.6 is 0 Å². The van der Waals surface area contributed by atoms with Gasteiger partial charge in [-0.1, -0.05) is 0 Å². The molecule has 0 spiro atoms. The molecule has 0 atom stereocenters. The first-order chi connectivity index (χ1) is 2.00. The van der Waals surface area contributed by atoms with Crippen LogP contribution in [0.1, 0.15) is 0 Å². The summed E-state index contributed by atoms with van der Waals surface area (Å²) in [6.07, 6.45) is 0. The van der Waals surface area contributed by atoms with Gasteiger partial charge in [-0.2, -0.15) is 0 Å². The first-order valence-electron chi connectivity index (χ1n) is 0.516. The van der Waals surface area contributed by atoms with E-state index in [9.17, 15) is 0 Å². The maximum atomic E-state index is 6.50. The highest BCUT2D eigenvalue weighted by molar-refractivity contribution is 5.95. The van der Waals surface area contributed by atoms with Gasteiger partial charge in [-0.15, -0.1) is 0 Å². The summed E-state index contributed by atoms with van der Waals surface area (Å²) < 4.78 is 0. The lowest BCUT2D eigenvalue weighted by Crippen LogP contribution is -1.34. The molecular weight excluding hydrogens is 53.6 g/mol. The molecule has 0 saturated carbocycles. The lowest BCUT2D eigenvalue weighted by Gasteiger charge is -1.16. The predicted molar refractivity (Wildman–Crippen MR) is 15.9 cm³/mol. The second-order valence-corrected chi connectivity index (χ2v) is 0. The van der Waals surface area contributed by atoms with Gasteiger partial charge in [0.25, 0.3) is 16.1 Å². The van der Waals surface area contributed by atoms with Gasteiger partial charge in [0.15, 0.2) is 0 Å². The van der Waals surface area contributed by atoms with Crippen LogP contribution in [0.4, 0.5) is 0 Å². The largest absolute Gasteiger partial charge is 0.461 e. The highest BCUT2D eigenvalue weighted by atomic mass is 16.2. The molecule has 4 radical (unpaired) electrons. The van der Waals surface area contributed by atoms with Gasteiger partial charge in [0.2, 0.25) is 0 Å². The standard InChI is InChI=1S/2BHO/c2*1-2/h2*2H. The van der Waals surface area contributed by atoms with Crippen LogP contribution in [0.5, 0.6) is 0 Å². The topological polar surface area (TPSA) is 40.5 Å². The van der Waals surface area contributed by atoms with E-state index in [2.05, 4.69) is 16.1 Å². The van der Waals surface area contributed by atoms with E-state index in [0.29, 0.717) is 0 Å². The fourth-order valence-corrected chi connectivity index (χ4v) is 0. The van der Waals surface area contributed by atoms with Crippen LogP contribution in [0.25, 0.3) is 0 Å². The Hall–Kier alpha value is 0.0499. The monoisotopic (exact) mass is 56.0 g/mol. The van der Waals surface area contributed by atoms with Gasteiger partial charge in [0.05, 0.1) is 0 Å². The molecule has 2 N–H and O–H groups in total. The molecule has 0 saturated heterocycles. The van der Waals surface area contributed by atoms with Crippen molar-refractivity contribution in [3.8, 4) is 0 Å². The molecule has 0 bridgehead atoms. The van der Waals surface area contributed by atoms with Gasteiger partial charge in [-0.3, -0.25) is 0 Å². The quantitative estimate of drug-likeness (QED) is 0.319. The van der Waals surface area contributed by atoms with Crippen molar-refractivity contribution in [2.45, 2.75) is 0 Å². The summed E-state index contributed by atoms with van der Waals surface area (Å²) in [5, 5.41) is 13.0. The van der Waals surface area contributed by atoms with E-state index in [1.165, 1.54) is 0 Å². The van der Waals surface area contributed by atoms with Gasteiger partial charge < -0.3 is 10.0 Å². The van der Waals surface area contributed by atoms with Crippen molar-refractivity contribution in [2.75, 3.05) is 0 Å². The Morgan fingerprint density at radius 3 is 0.750 bits per heavy atom. The third kappa shape index (κ3) is 908. The number of hydrogen-bond acceptors (Lipinski definition) is 2. The Morgan fingerprint density at radius 2 is 0.750 bits per heavy atom. The minimum absolute atomic E-state index is 3.50. The Balaban J connectivity index is 0. The predicted octanol–water partition coefficient (Wildman–Crippen LogP) is -1.88. The normalized spacial score (nSPS) is 2.50. The van der Waals surface area contributed by atoms with E-state index in [4.69, 9.17) is 10.0 Å². The summed E-state index contributed by atoms with van der Waals surface area (Å²) in [5.41, 5.74) is 0. The summed E-state index contributed by atoms with van der Waals surface area (Å²) in [6, 6.07) is 0. The molecule has 20 valence electrons. The molecule has 0 fully saturated rings. The summed E-state index contributed by atoms with van der Waals surface area (Å²) in [5.74, 6) is 0. The molecule has 0 aliphatic carbocycles. The zero-order valence-electron chi connectivity index (χ0n) is 2.05. The molecule has 0 aromatic carbocycles. The minimum atomic E-state index is 3.50. The smallest absolute Gasteiger partial charge is 0.277 e. The molecule has 4 heavy (non-hydrogen) atoms.